The molecule has 2 amide bonds. The van der Waals surface area contributed by atoms with Gasteiger partial charge in [-0.25, -0.2) is 4.79 Å². The number of amides is 2. The largest absolute Gasteiger partial charge is 0.481 e. The molecule has 2 N–H and O–H groups in total. The number of nitrogens with one attached hydrogen (secondary N) is 1. The van der Waals surface area contributed by atoms with E-state index in [0.717, 1.165) is 6.42 Å². The molecule has 5 heteroatoms. The molecule has 0 bridgehead atoms. The van der Waals surface area contributed by atoms with Gasteiger partial charge in [0.05, 0.1) is 5.41 Å². The van der Waals surface area contributed by atoms with Crippen molar-refractivity contribution in [3.05, 3.63) is 0 Å². The minimum atomic E-state index is -0.775. The third-order valence-electron chi connectivity index (χ3n) is 4.67. The van der Waals surface area contributed by atoms with Crippen molar-refractivity contribution >= 4 is 12.0 Å². The van der Waals surface area contributed by atoms with Crippen LogP contribution in [-0.2, 0) is 4.79 Å². The Hall–Kier alpha value is -1.26. The summed E-state index contributed by atoms with van der Waals surface area (Å²) in [5, 5.41) is 12.4. The molecule has 0 aromatic carbocycles. The zero-order valence-corrected chi connectivity index (χ0v) is 11.8. The Kier molecular flexibility index (Phi) is 4.02. The van der Waals surface area contributed by atoms with E-state index >= 15 is 0 Å². The molecule has 5 nitrogen and oxygen atoms in total. The molecule has 0 aromatic heterocycles. The average molecular weight is 268 g/mol. The molecule has 1 heterocycles. The van der Waals surface area contributed by atoms with Crippen LogP contribution in [0.5, 0.6) is 0 Å². The Balaban J connectivity index is 1.95. The van der Waals surface area contributed by atoms with E-state index in [1.807, 2.05) is 13.8 Å². The average Bonchev–Trinajstić information content (AvgIpc) is 3.22. The van der Waals surface area contributed by atoms with Gasteiger partial charge in [-0.05, 0) is 44.9 Å². The molecule has 1 saturated carbocycles. The highest BCUT2D eigenvalue weighted by atomic mass is 16.4. The number of rotatable bonds is 4. The highest BCUT2D eigenvalue weighted by Crippen LogP contribution is 2.35. The lowest BCUT2D eigenvalue weighted by molar-refractivity contribution is -0.152. The lowest BCUT2D eigenvalue weighted by Crippen LogP contribution is -2.53. The molecule has 1 aliphatic heterocycles. The topological polar surface area (TPSA) is 69.6 Å². The van der Waals surface area contributed by atoms with E-state index in [9.17, 15) is 14.7 Å². The van der Waals surface area contributed by atoms with Crippen molar-refractivity contribution in [3.63, 3.8) is 0 Å². The van der Waals surface area contributed by atoms with Crippen LogP contribution in [0, 0.1) is 11.3 Å². The summed E-state index contributed by atoms with van der Waals surface area (Å²) < 4.78 is 0. The monoisotopic (exact) mass is 268 g/mol. The number of carboxylic acid groups (broad SMARTS) is 1. The summed E-state index contributed by atoms with van der Waals surface area (Å²) in [6, 6.07) is 0.105. The van der Waals surface area contributed by atoms with Gasteiger partial charge in [0.25, 0.3) is 0 Å². The number of likely N-dealkylation sites (tertiary alicyclic amines) is 1. The van der Waals surface area contributed by atoms with Crippen molar-refractivity contribution in [1.29, 1.82) is 0 Å². The third-order valence-corrected chi connectivity index (χ3v) is 4.67. The maximum absolute atomic E-state index is 12.2. The van der Waals surface area contributed by atoms with Crippen LogP contribution in [0.15, 0.2) is 0 Å². The van der Waals surface area contributed by atoms with Crippen LogP contribution in [0.2, 0.25) is 0 Å². The summed E-state index contributed by atoms with van der Waals surface area (Å²) in [5.74, 6) is -0.160. The third kappa shape index (κ3) is 3.01. The fourth-order valence-corrected chi connectivity index (χ4v) is 2.92. The summed E-state index contributed by atoms with van der Waals surface area (Å²) in [6.07, 6.45) is 4.39. The molecule has 2 atom stereocenters. The molecule has 2 unspecified atom stereocenters. The summed E-state index contributed by atoms with van der Waals surface area (Å²) in [7, 11) is 0. The first-order valence-corrected chi connectivity index (χ1v) is 7.27. The predicted molar refractivity (Wildman–Crippen MR) is 71.9 cm³/mol. The van der Waals surface area contributed by atoms with Gasteiger partial charge in [0.1, 0.15) is 0 Å². The lowest BCUT2D eigenvalue weighted by Gasteiger charge is -2.39. The fourth-order valence-electron chi connectivity index (χ4n) is 2.92. The van der Waals surface area contributed by atoms with Gasteiger partial charge in [-0.3, -0.25) is 4.79 Å². The minimum Gasteiger partial charge on any atom is -0.481 e. The van der Waals surface area contributed by atoms with E-state index in [-0.39, 0.29) is 12.1 Å². The molecule has 2 fully saturated rings. The molecule has 0 aromatic rings. The van der Waals surface area contributed by atoms with Crippen molar-refractivity contribution < 1.29 is 14.7 Å². The van der Waals surface area contributed by atoms with Gasteiger partial charge in [-0.1, -0.05) is 6.92 Å². The molecule has 1 aliphatic carbocycles. The number of aliphatic carboxylic acids is 1. The Morgan fingerprint density at radius 2 is 2.16 bits per heavy atom. The SMILES string of the molecule is CCC1(C(=O)O)CCCN(C(=O)NC(C)C2CC2)C1. The van der Waals surface area contributed by atoms with Crippen molar-refractivity contribution in [3.8, 4) is 0 Å². The van der Waals surface area contributed by atoms with E-state index in [1.54, 1.807) is 4.90 Å². The van der Waals surface area contributed by atoms with E-state index in [4.69, 9.17) is 0 Å². The summed E-state index contributed by atoms with van der Waals surface area (Å²) in [4.78, 5) is 25.3. The van der Waals surface area contributed by atoms with Crippen molar-refractivity contribution in [2.45, 2.75) is 52.0 Å². The second-order valence-electron chi connectivity index (χ2n) is 6.04. The summed E-state index contributed by atoms with van der Waals surface area (Å²) >= 11 is 0. The Morgan fingerprint density at radius 3 is 2.68 bits per heavy atom. The van der Waals surface area contributed by atoms with Crippen LogP contribution in [0.1, 0.15) is 46.0 Å². The van der Waals surface area contributed by atoms with Crippen molar-refractivity contribution in [2.24, 2.45) is 11.3 Å². The molecule has 108 valence electrons. The molecule has 0 radical (unpaired) electrons. The molecule has 19 heavy (non-hydrogen) atoms. The quantitative estimate of drug-likeness (QED) is 0.820. The van der Waals surface area contributed by atoms with Gasteiger partial charge in [-0.2, -0.15) is 0 Å². The van der Waals surface area contributed by atoms with Gasteiger partial charge in [0.2, 0.25) is 0 Å². The van der Waals surface area contributed by atoms with Gasteiger partial charge in [0, 0.05) is 19.1 Å². The van der Waals surface area contributed by atoms with Gasteiger partial charge >= 0.3 is 12.0 Å². The number of carbonyl (C=O) groups excluding carboxylic acids is 1. The molecular weight excluding hydrogens is 244 g/mol. The second-order valence-corrected chi connectivity index (χ2v) is 6.04. The summed E-state index contributed by atoms with van der Waals surface area (Å²) in [5.41, 5.74) is -0.752. The van der Waals surface area contributed by atoms with Gasteiger partial charge < -0.3 is 15.3 Å². The van der Waals surface area contributed by atoms with Crippen LogP contribution in [0.4, 0.5) is 4.79 Å². The second kappa shape index (κ2) is 5.39. The number of carboxylic acids is 1. The van der Waals surface area contributed by atoms with E-state index in [2.05, 4.69) is 5.32 Å². The molecule has 2 rings (SSSR count). The highest BCUT2D eigenvalue weighted by Gasteiger charge is 2.42. The maximum Gasteiger partial charge on any atom is 0.317 e. The lowest BCUT2D eigenvalue weighted by atomic mass is 9.78. The van der Waals surface area contributed by atoms with Crippen molar-refractivity contribution in [2.75, 3.05) is 13.1 Å². The number of hydrogen-bond acceptors (Lipinski definition) is 2. The van der Waals surface area contributed by atoms with Gasteiger partial charge in [0.15, 0.2) is 0 Å². The van der Waals surface area contributed by atoms with Gasteiger partial charge in [-0.15, -0.1) is 0 Å². The zero-order chi connectivity index (χ0) is 14.0. The number of carbonyl (C=O) groups is 2. The minimum absolute atomic E-state index is 0.0989. The van der Waals surface area contributed by atoms with Crippen molar-refractivity contribution in [1.82, 2.24) is 10.2 Å². The van der Waals surface area contributed by atoms with Crippen LogP contribution in [0.25, 0.3) is 0 Å². The van der Waals surface area contributed by atoms with Crippen LogP contribution in [0.3, 0.4) is 0 Å². The zero-order valence-electron chi connectivity index (χ0n) is 11.8. The highest BCUT2D eigenvalue weighted by molar-refractivity contribution is 5.79. The Morgan fingerprint density at radius 1 is 1.47 bits per heavy atom. The van der Waals surface area contributed by atoms with E-state index < -0.39 is 11.4 Å². The number of nitrogens with zero attached hydrogens (tertiary/aromatic N) is 1. The normalized spacial score (nSPS) is 28.8. The maximum atomic E-state index is 12.2. The first kappa shape index (κ1) is 14.2. The molecule has 1 saturated heterocycles. The fraction of sp³-hybridized carbons (Fsp3) is 0.857. The standard InChI is InChI=1S/C14H24N2O3/c1-3-14(12(17)18)7-4-8-16(9-14)13(19)15-10(2)11-5-6-11/h10-11H,3-9H2,1-2H3,(H,15,19)(H,17,18). The van der Waals surface area contributed by atoms with E-state index in [1.165, 1.54) is 12.8 Å². The molecular formula is C14H24N2O3. The number of urea groups is 1. The number of piperidine rings is 1. The Bertz CT molecular complexity index is 368. The summed E-state index contributed by atoms with van der Waals surface area (Å²) in [6.45, 7) is 4.92. The number of hydrogen-bond donors (Lipinski definition) is 2. The first-order chi connectivity index (χ1) is 8.98. The molecule has 0 spiro atoms. The smallest absolute Gasteiger partial charge is 0.317 e. The Labute approximate surface area is 114 Å². The molecule has 2 aliphatic rings. The van der Waals surface area contributed by atoms with E-state index in [0.29, 0.717) is 31.8 Å². The van der Waals surface area contributed by atoms with Crippen LogP contribution >= 0.6 is 0 Å². The first-order valence-electron chi connectivity index (χ1n) is 7.27. The predicted octanol–water partition coefficient (Wildman–Crippen LogP) is 2.07. The van der Waals surface area contributed by atoms with Crippen LogP contribution < -0.4 is 5.32 Å². The van der Waals surface area contributed by atoms with Crippen LogP contribution in [-0.4, -0.2) is 41.1 Å².